The number of nitrogens with two attached hydrogens (primary N) is 2. The molecule has 0 radical (unpaired) electrons. The molecule has 0 saturated heterocycles. The number of hydrogen-bond donors (Lipinski definition) is 2. The fourth-order valence-corrected chi connectivity index (χ4v) is 3.38. The minimum atomic E-state index is -0.436. The third kappa shape index (κ3) is 12.0. The second kappa shape index (κ2) is 16.2. The van der Waals surface area contributed by atoms with Gasteiger partial charge in [0.05, 0.1) is 25.4 Å². The number of esters is 2. The highest BCUT2D eigenvalue weighted by molar-refractivity contribution is 5.91. The summed E-state index contributed by atoms with van der Waals surface area (Å²) in [6.07, 6.45) is 11.1. The van der Waals surface area contributed by atoms with Gasteiger partial charge in [-0.3, -0.25) is 0 Å². The van der Waals surface area contributed by atoms with Gasteiger partial charge in [-0.05, 0) is 74.1 Å². The van der Waals surface area contributed by atoms with E-state index >= 15 is 0 Å². The van der Waals surface area contributed by atoms with E-state index in [0.717, 1.165) is 50.0 Å². The molecule has 0 aromatic heterocycles. The van der Waals surface area contributed by atoms with Crippen LogP contribution < -0.4 is 16.2 Å². The van der Waals surface area contributed by atoms with E-state index in [1.54, 1.807) is 24.3 Å². The number of anilines is 2. The summed E-state index contributed by atoms with van der Waals surface area (Å²) in [5, 5.41) is 0. The molecule has 7 heteroatoms. The summed E-state index contributed by atoms with van der Waals surface area (Å²) in [7, 11) is 0. The summed E-state index contributed by atoms with van der Waals surface area (Å²) >= 11 is 0. The highest BCUT2D eigenvalue weighted by atomic mass is 16.5. The zero-order valence-corrected chi connectivity index (χ0v) is 20.7. The van der Waals surface area contributed by atoms with Crippen LogP contribution in [-0.2, 0) is 14.3 Å². The van der Waals surface area contributed by atoms with Crippen molar-refractivity contribution in [2.24, 2.45) is 0 Å². The van der Waals surface area contributed by atoms with Gasteiger partial charge in [0.15, 0.2) is 0 Å². The number of hydrogen-bond acceptors (Lipinski definition) is 7. The number of benzene rings is 2. The Hall–Kier alpha value is -3.48. The van der Waals surface area contributed by atoms with Crippen molar-refractivity contribution in [3.05, 3.63) is 59.7 Å². The third-order valence-corrected chi connectivity index (χ3v) is 5.29. The first-order valence-corrected chi connectivity index (χ1v) is 12.4. The summed E-state index contributed by atoms with van der Waals surface area (Å²) in [6, 6.07) is 12.3. The fourth-order valence-electron chi connectivity index (χ4n) is 3.38. The summed E-state index contributed by atoms with van der Waals surface area (Å²) in [5.41, 5.74) is 13.5. The molecule has 0 atom stereocenters. The van der Waals surface area contributed by atoms with Crippen LogP contribution in [0.1, 0.15) is 74.2 Å². The molecule has 0 spiro atoms. The van der Waals surface area contributed by atoms with E-state index in [1.165, 1.54) is 25.3 Å². The molecule has 0 aliphatic carbocycles. The van der Waals surface area contributed by atoms with Crippen molar-refractivity contribution in [2.75, 3.05) is 31.3 Å². The average Bonchev–Trinajstić information content (AvgIpc) is 2.84. The lowest BCUT2D eigenvalue weighted by atomic mass is 10.2. The molecule has 0 bridgehead atoms. The Bertz CT molecular complexity index is 921. The number of unbranched alkanes of at least 4 members (excludes halogenated alkanes) is 6. The molecule has 0 aliphatic heterocycles. The monoisotopic (exact) mass is 482 g/mol. The van der Waals surface area contributed by atoms with Crippen molar-refractivity contribution in [2.45, 2.75) is 58.3 Å². The van der Waals surface area contributed by atoms with Crippen molar-refractivity contribution in [1.29, 1.82) is 0 Å². The maximum atomic E-state index is 12.0. The molecule has 4 N–H and O–H groups in total. The van der Waals surface area contributed by atoms with Gasteiger partial charge in [0.1, 0.15) is 5.75 Å². The Kier molecular flexibility index (Phi) is 12.8. The SMILES string of the molecule is CCCCCCOc1ccc(C=CC(=O)OCCCCCCOC(=O)c2cc(N)cc(N)c2)cc1. The smallest absolute Gasteiger partial charge is 0.338 e. The molecule has 0 unspecified atom stereocenters. The molecular weight excluding hydrogens is 444 g/mol. The number of ether oxygens (including phenoxy) is 3. The number of carbonyl (C=O) groups excluding carboxylic acids is 2. The van der Waals surface area contributed by atoms with E-state index in [9.17, 15) is 9.59 Å². The minimum absolute atomic E-state index is 0.318. The lowest BCUT2D eigenvalue weighted by Crippen LogP contribution is -2.08. The van der Waals surface area contributed by atoms with Crippen molar-refractivity contribution in [3.8, 4) is 5.75 Å². The number of carbonyl (C=O) groups is 2. The van der Waals surface area contributed by atoms with E-state index in [2.05, 4.69) is 6.92 Å². The molecule has 2 aromatic carbocycles. The summed E-state index contributed by atoms with van der Waals surface area (Å²) in [6.45, 7) is 3.59. The maximum absolute atomic E-state index is 12.0. The van der Waals surface area contributed by atoms with Crippen LogP contribution in [0.5, 0.6) is 5.75 Å². The van der Waals surface area contributed by atoms with Gasteiger partial charge >= 0.3 is 11.9 Å². The van der Waals surface area contributed by atoms with Gasteiger partial charge in [-0.2, -0.15) is 0 Å². The lowest BCUT2D eigenvalue weighted by molar-refractivity contribution is -0.137. The van der Waals surface area contributed by atoms with Crippen molar-refractivity contribution in [3.63, 3.8) is 0 Å². The van der Waals surface area contributed by atoms with Gasteiger partial charge in [0, 0.05) is 17.5 Å². The van der Waals surface area contributed by atoms with Crippen LogP contribution in [0, 0.1) is 0 Å². The minimum Gasteiger partial charge on any atom is -0.494 e. The first-order chi connectivity index (χ1) is 17.0. The number of nitrogen functional groups attached to an aromatic ring is 2. The van der Waals surface area contributed by atoms with Gasteiger partial charge in [-0.15, -0.1) is 0 Å². The normalized spacial score (nSPS) is 10.9. The van der Waals surface area contributed by atoms with E-state index in [4.69, 9.17) is 25.7 Å². The quantitative estimate of drug-likeness (QED) is 0.135. The van der Waals surface area contributed by atoms with E-state index < -0.39 is 5.97 Å². The molecule has 0 heterocycles. The summed E-state index contributed by atoms with van der Waals surface area (Å²) < 4.78 is 16.2. The zero-order chi connectivity index (χ0) is 25.3. The van der Waals surface area contributed by atoms with Gasteiger partial charge in [0.2, 0.25) is 0 Å². The molecule has 2 aromatic rings. The van der Waals surface area contributed by atoms with Gasteiger partial charge < -0.3 is 25.7 Å². The Labute approximate surface area is 208 Å². The van der Waals surface area contributed by atoms with Crippen LogP contribution in [0.15, 0.2) is 48.5 Å². The second-order valence-electron chi connectivity index (χ2n) is 8.42. The van der Waals surface area contributed by atoms with E-state index in [-0.39, 0.29) is 5.97 Å². The maximum Gasteiger partial charge on any atom is 0.338 e. The second-order valence-corrected chi connectivity index (χ2v) is 8.42. The van der Waals surface area contributed by atoms with Crippen LogP contribution in [0.3, 0.4) is 0 Å². The van der Waals surface area contributed by atoms with Crippen LogP contribution in [0.25, 0.3) is 6.08 Å². The molecule has 190 valence electrons. The first-order valence-electron chi connectivity index (χ1n) is 12.4. The lowest BCUT2D eigenvalue weighted by Gasteiger charge is -2.07. The Morgan fingerprint density at radius 1 is 0.771 bits per heavy atom. The summed E-state index contributed by atoms with van der Waals surface area (Å²) in [5.74, 6) is 0.0383. The van der Waals surface area contributed by atoms with Gasteiger partial charge in [0.25, 0.3) is 0 Å². The number of rotatable bonds is 16. The fraction of sp³-hybridized carbons (Fsp3) is 0.429. The van der Waals surface area contributed by atoms with Crippen LogP contribution in [0.2, 0.25) is 0 Å². The topological polar surface area (TPSA) is 114 Å². The molecule has 0 saturated carbocycles. The summed E-state index contributed by atoms with van der Waals surface area (Å²) in [4.78, 5) is 23.9. The van der Waals surface area contributed by atoms with E-state index in [1.807, 2.05) is 24.3 Å². The molecule has 0 fully saturated rings. The van der Waals surface area contributed by atoms with Gasteiger partial charge in [-0.25, -0.2) is 9.59 Å². The van der Waals surface area contributed by atoms with E-state index in [0.29, 0.717) is 30.2 Å². The standard InChI is InChI=1S/C28H38N2O5/c1-2-3-4-7-16-33-26-13-10-22(11-14-26)12-15-27(31)34-17-8-5-6-9-18-35-28(32)23-19-24(29)21-25(30)20-23/h10-15,19-21H,2-9,16-18,29-30H2,1H3. The molecule has 0 amide bonds. The molecule has 0 aliphatic rings. The zero-order valence-electron chi connectivity index (χ0n) is 20.7. The van der Waals surface area contributed by atoms with Crippen molar-refractivity contribution in [1.82, 2.24) is 0 Å². The molecule has 7 nitrogen and oxygen atoms in total. The Balaban J connectivity index is 1.52. The van der Waals surface area contributed by atoms with Crippen molar-refractivity contribution < 1.29 is 23.8 Å². The van der Waals surface area contributed by atoms with Crippen LogP contribution in [-0.4, -0.2) is 31.8 Å². The predicted molar refractivity (Wildman–Crippen MR) is 140 cm³/mol. The molecule has 35 heavy (non-hydrogen) atoms. The molecule has 2 rings (SSSR count). The average molecular weight is 483 g/mol. The van der Waals surface area contributed by atoms with Crippen LogP contribution in [0.4, 0.5) is 11.4 Å². The first kappa shape index (κ1) is 27.8. The predicted octanol–water partition coefficient (Wildman–Crippen LogP) is 5.78. The van der Waals surface area contributed by atoms with Crippen LogP contribution >= 0.6 is 0 Å². The van der Waals surface area contributed by atoms with Crippen molar-refractivity contribution >= 4 is 29.4 Å². The highest BCUT2D eigenvalue weighted by Gasteiger charge is 2.08. The Morgan fingerprint density at radius 3 is 2.03 bits per heavy atom. The Morgan fingerprint density at radius 2 is 1.37 bits per heavy atom. The largest absolute Gasteiger partial charge is 0.494 e. The van der Waals surface area contributed by atoms with Gasteiger partial charge in [-0.1, -0.05) is 38.3 Å². The highest BCUT2D eigenvalue weighted by Crippen LogP contribution is 2.16. The molecular formula is C28H38N2O5. The third-order valence-electron chi connectivity index (χ3n) is 5.29.